The number of ether oxygens (including phenoxy) is 1. The molecule has 0 aliphatic rings. The van der Waals surface area contributed by atoms with Gasteiger partial charge in [0.15, 0.2) is 0 Å². The largest absolute Gasteiger partial charge is 0.380 e. The first-order chi connectivity index (χ1) is 7.54. The van der Waals surface area contributed by atoms with Gasteiger partial charge in [-0.2, -0.15) is 0 Å². The smallest absolute Gasteiger partial charge is 0.128 e. The Balaban J connectivity index is 2.70. The zero-order chi connectivity index (χ0) is 12.1. The molecule has 90 valence electrons. The average Bonchev–Trinajstić information content (AvgIpc) is 2.28. The molecule has 1 N–H and O–H groups in total. The third-order valence-corrected chi connectivity index (χ3v) is 2.71. The summed E-state index contributed by atoms with van der Waals surface area (Å²) in [5, 5.41) is 3.33. The molecule has 16 heavy (non-hydrogen) atoms. The van der Waals surface area contributed by atoms with Crippen molar-refractivity contribution in [3.63, 3.8) is 0 Å². The Morgan fingerprint density at radius 2 is 2.06 bits per heavy atom. The SMILES string of the molecule is COC(C)C(C)Nc1cc(N(C)C)ccn1. The van der Waals surface area contributed by atoms with Crippen LogP contribution in [0.2, 0.25) is 0 Å². The molecule has 4 nitrogen and oxygen atoms in total. The fourth-order valence-corrected chi connectivity index (χ4v) is 1.33. The summed E-state index contributed by atoms with van der Waals surface area (Å²) in [5.74, 6) is 0.877. The number of aromatic nitrogens is 1. The molecular weight excluding hydrogens is 202 g/mol. The highest BCUT2D eigenvalue weighted by atomic mass is 16.5. The Bertz CT molecular complexity index is 328. The van der Waals surface area contributed by atoms with Gasteiger partial charge in [-0.05, 0) is 19.9 Å². The van der Waals surface area contributed by atoms with Crippen molar-refractivity contribution in [1.29, 1.82) is 0 Å². The van der Waals surface area contributed by atoms with Gasteiger partial charge in [-0.15, -0.1) is 0 Å². The van der Waals surface area contributed by atoms with Gasteiger partial charge in [-0.3, -0.25) is 0 Å². The fraction of sp³-hybridized carbons (Fsp3) is 0.583. The number of anilines is 2. The van der Waals surface area contributed by atoms with Crippen LogP contribution in [0.1, 0.15) is 13.8 Å². The molecule has 0 saturated heterocycles. The molecule has 4 heteroatoms. The zero-order valence-electron chi connectivity index (χ0n) is 10.7. The molecule has 0 bridgehead atoms. The van der Waals surface area contributed by atoms with Crippen molar-refractivity contribution in [3.8, 4) is 0 Å². The van der Waals surface area contributed by atoms with E-state index in [0.717, 1.165) is 11.5 Å². The third kappa shape index (κ3) is 3.38. The van der Waals surface area contributed by atoms with E-state index >= 15 is 0 Å². The summed E-state index contributed by atoms with van der Waals surface area (Å²) in [6, 6.07) is 4.24. The Morgan fingerprint density at radius 1 is 1.38 bits per heavy atom. The Labute approximate surface area is 97.6 Å². The number of rotatable bonds is 5. The molecule has 2 atom stereocenters. The normalized spacial score (nSPS) is 14.3. The van der Waals surface area contributed by atoms with E-state index in [1.807, 2.05) is 39.3 Å². The summed E-state index contributed by atoms with van der Waals surface area (Å²) >= 11 is 0. The van der Waals surface area contributed by atoms with Gasteiger partial charge >= 0.3 is 0 Å². The van der Waals surface area contributed by atoms with Gasteiger partial charge in [0.1, 0.15) is 5.82 Å². The van der Waals surface area contributed by atoms with Crippen LogP contribution in [-0.2, 0) is 4.74 Å². The van der Waals surface area contributed by atoms with Crippen LogP contribution in [0.25, 0.3) is 0 Å². The predicted molar refractivity (Wildman–Crippen MR) is 68.1 cm³/mol. The van der Waals surface area contributed by atoms with Crippen LogP contribution in [-0.4, -0.2) is 38.3 Å². The summed E-state index contributed by atoms with van der Waals surface area (Å²) in [6.07, 6.45) is 1.96. The van der Waals surface area contributed by atoms with Gasteiger partial charge in [-0.25, -0.2) is 4.98 Å². The van der Waals surface area contributed by atoms with E-state index in [2.05, 4.69) is 22.1 Å². The molecule has 1 aromatic rings. The van der Waals surface area contributed by atoms with Crippen LogP contribution in [0.3, 0.4) is 0 Å². The number of methoxy groups -OCH3 is 1. The van der Waals surface area contributed by atoms with Crippen molar-refractivity contribution < 1.29 is 4.74 Å². The first kappa shape index (κ1) is 12.8. The standard InChI is InChI=1S/C12H21N3O/c1-9(10(2)16-5)14-12-8-11(15(3)4)6-7-13-12/h6-10H,1-5H3,(H,13,14). The first-order valence-electron chi connectivity index (χ1n) is 5.47. The van der Waals surface area contributed by atoms with E-state index in [-0.39, 0.29) is 12.1 Å². The summed E-state index contributed by atoms with van der Waals surface area (Å²) in [5.41, 5.74) is 1.13. The molecule has 1 heterocycles. The van der Waals surface area contributed by atoms with E-state index in [1.54, 1.807) is 7.11 Å². The lowest BCUT2D eigenvalue weighted by atomic mass is 10.2. The van der Waals surface area contributed by atoms with Gasteiger partial charge in [0, 0.05) is 39.2 Å². The van der Waals surface area contributed by atoms with Crippen LogP contribution in [0.15, 0.2) is 18.3 Å². The van der Waals surface area contributed by atoms with Crippen molar-refractivity contribution in [2.45, 2.75) is 26.0 Å². The molecule has 1 rings (SSSR count). The summed E-state index contributed by atoms with van der Waals surface area (Å²) in [4.78, 5) is 6.34. The zero-order valence-corrected chi connectivity index (χ0v) is 10.7. The monoisotopic (exact) mass is 223 g/mol. The molecule has 0 aromatic carbocycles. The van der Waals surface area contributed by atoms with Crippen molar-refractivity contribution in [1.82, 2.24) is 4.98 Å². The molecule has 0 radical (unpaired) electrons. The second-order valence-electron chi connectivity index (χ2n) is 4.17. The van der Waals surface area contributed by atoms with Crippen molar-refractivity contribution in [2.75, 3.05) is 31.4 Å². The molecule has 0 saturated carbocycles. The van der Waals surface area contributed by atoms with Gasteiger partial charge in [0.25, 0.3) is 0 Å². The molecule has 2 unspecified atom stereocenters. The van der Waals surface area contributed by atoms with Crippen molar-refractivity contribution in [3.05, 3.63) is 18.3 Å². The Kier molecular flexibility index (Phi) is 4.55. The van der Waals surface area contributed by atoms with Crippen LogP contribution >= 0.6 is 0 Å². The van der Waals surface area contributed by atoms with Gasteiger partial charge in [0.05, 0.1) is 12.1 Å². The van der Waals surface area contributed by atoms with Crippen LogP contribution in [0, 0.1) is 0 Å². The number of nitrogens with zero attached hydrogens (tertiary/aromatic N) is 2. The van der Waals surface area contributed by atoms with Crippen LogP contribution < -0.4 is 10.2 Å². The predicted octanol–water partition coefficient (Wildman–Crippen LogP) is 1.98. The van der Waals surface area contributed by atoms with Gasteiger partial charge in [-0.1, -0.05) is 0 Å². The Hall–Kier alpha value is -1.29. The minimum atomic E-state index is 0.157. The quantitative estimate of drug-likeness (QED) is 0.828. The second kappa shape index (κ2) is 5.70. The van der Waals surface area contributed by atoms with Crippen molar-refractivity contribution >= 4 is 11.5 Å². The minimum Gasteiger partial charge on any atom is -0.380 e. The number of pyridine rings is 1. The van der Waals surface area contributed by atoms with E-state index in [1.165, 1.54) is 0 Å². The summed E-state index contributed by atoms with van der Waals surface area (Å²) in [6.45, 7) is 4.12. The summed E-state index contributed by atoms with van der Waals surface area (Å²) < 4.78 is 5.26. The van der Waals surface area contributed by atoms with Crippen molar-refractivity contribution in [2.24, 2.45) is 0 Å². The number of hydrogen-bond acceptors (Lipinski definition) is 4. The lowest BCUT2D eigenvalue weighted by Crippen LogP contribution is -2.30. The lowest BCUT2D eigenvalue weighted by molar-refractivity contribution is 0.106. The second-order valence-corrected chi connectivity index (χ2v) is 4.17. The fourth-order valence-electron chi connectivity index (χ4n) is 1.33. The lowest BCUT2D eigenvalue weighted by Gasteiger charge is -2.21. The van der Waals surface area contributed by atoms with Gasteiger partial charge < -0.3 is 15.0 Å². The molecule has 0 amide bonds. The minimum absolute atomic E-state index is 0.157. The van der Waals surface area contributed by atoms with E-state index in [9.17, 15) is 0 Å². The molecular formula is C12H21N3O. The molecule has 0 fully saturated rings. The highest BCUT2D eigenvalue weighted by Crippen LogP contribution is 2.15. The maximum absolute atomic E-state index is 5.26. The maximum Gasteiger partial charge on any atom is 0.128 e. The Morgan fingerprint density at radius 3 is 2.62 bits per heavy atom. The maximum atomic E-state index is 5.26. The summed E-state index contributed by atoms with van der Waals surface area (Å²) in [7, 11) is 5.74. The molecule has 0 spiro atoms. The highest BCUT2D eigenvalue weighted by molar-refractivity contribution is 5.53. The van der Waals surface area contributed by atoms with Gasteiger partial charge in [0.2, 0.25) is 0 Å². The number of hydrogen-bond donors (Lipinski definition) is 1. The molecule has 1 aromatic heterocycles. The van der Waals surface area contributed by atoms with E-state index in [4.69, 9.17) is 4.74 Å². The third-order valence-electron chi connectivity index (χ3n) is 2.71. The first-order valence-corrected chi connectivity index (χ1v) is 5.47. The molecule has 0 aliphatic heterocycles. The van der Waals surface area contributed by atoms with E-state index < -0.39 is 0 Å². The van der Waals surface area contributed by atoms with Crippen LogP contribution in [0.4, 0.5) is 11.5 Å². The highest BCUT2D eigenvalue weighted by Gasteiger charge is 2.11. The number of nitrogens with one attached hydrogen (secondary N) is 1. The average molecular weight is 223 g/mol. The van der Waals surface area contributed by atoms with Crippen LogP contribution in [0.5, 0.6) is 0 Å². The molecule has 0 aliphatic carbocycles. The van der Waals surface area contributed by atoms with E-state index in [0.29, 0.717) is 0 Å². The topological polar surface area (TPSA) is 37.4 Å².